The predicted molar refractivity (Wildman–Crippen MR) is 182 cm³/mol. The zero-order valence-electron chi connectivity index (χ0n) is 23.9. The van der Waals surface area contributed by atoms with Crippen LogP contribution >= 0.6 is 0 Å². The Morgan fingerprint density at radius 2 is 1.59 bits per heavy atom. The van der Waals surface area contributed by atoms with Crippen molar-refractivity contribution in [3.8, 4) is 0 Å². The molecule has 3 aliphatic rings. The van der Waals surface area contributed by atoms with Crippen LogP contribution in [0.15, 0.2) is 138 Å². The highest BCUT2D eigenvalue weighted by molar-refractivity contribution is 6.14. The molecule has 3 nitrogen and oxygen atoms in total. The quantitative estimate of drug-likeness (QED) is 0.209. The highest BCUT2D eigenvalue weighted by atomic mass is 16.3. The summed E-state index contributed by atoms with van der Waals surface area (Å²) in [5.74, 6) is 0.0582. The van der Waals surface area contributed by atoms with Crippen LogP contribution in [0.2, 0.25) is 0 Å². The summed E-state index contributed by atoms with van der Waals surface area (Å²) in [5, 5.41) is 4.56. The van der Waals surface area contributed by atoms with Crippen molar-refractivity contribution in [1.29, 1.82) is 0 Å². The third-order valence-corrected chi connectivity index (χ3v) is 9.12. The van der Waals surface area contributed by atoms with Gasteiger partial charge in [-0.15, -0.1) is 0 Å². The molecule has 0 spiro atoms. The van der Waals surface area contributed by atoms with E-state index >= 15 is 0 Å². The maximum atomic E-state index is 14.5. The Hall–Kier alpha value is -5.67. The Morgan fingerprint density at radius 3 is 2.57 bits per heavy atom. The van der Waals surface area contributed by atoms with Crippen LogP contribution in [0.5, 0.6) is 0 Å². The number of hydrogen-bond donors (Lipinski definition) is 0. The number of furan rings is 1. The van der Waals surface area contributed by atoms with Gasteiger partial charge in [-0.05, 0) is 63.7 Å². The van der Waals surface area contributed by atoms with Crippen LogP contribution in [0.1, 0.15) is 33.7 Å². The molecular formula is C41H27NO2. The number of fused-ring (bicyclic) bond motifs is 4. The van der Waals surface area contributed by atoms with Gasteiger partial charge in [0.05, 0.1) is 11.4 Å². The molecular weight excluding hydrogens is 538 g/mol. The van der Waals surface area contributed by atoms with E-state index in [1.165, 1.54) is 16.5 Å². The van der Waals surface area contributed by atoms with E-state index in [0.29, 0.717) is 6.42 Å². The molecule has 0 fully saturated rings. The molecule has 1 aliphatic heterocycles. The Balaban J connectivity index is 1.25. The molecule has 1 atom stereocenters. The Bertz CT molecular complexity index is 2340. The molecule has 1 aromatic heterocycles. The van der Waals surface area contributed by atoms with Crippen molar-refractivity contribution in [3.05, 3.63) is 161 Å². The monoisotopic (exact) mass is 565 g/mol. The van der Waals surface area contributed by atoms with E-state index in [0.717, 1.165) is 61.0 Å². The molecule has 9 rings (SSSR count). The number of carbonyl (C=O) groups excluding carboxylic acids is 1. The zero-order chi connectivity index (χ0) is 29.2. The summed E-state index contributed by atoms with van der Waals surface area (Å²) in [6.45, 7) is 0. The van der Waals surface area contributed by atoms with Gasteiger partial charge in [-0.2, -0.15) is 0 Å². The first-order valence-electron chi connectivity index (χ1n) is 15.1. The molecule has 6 aromatic rings. The van der Waals surface area contributed by atoms with E-state index in [2.05, 4.69) is 109 Å². The van der Waals surface area contributed by atoms with Crippen LogP contribution in [-0.2, 0) is 11.2 Å². The van der Waals surface area contributed by atoms with Gasteiger partial charge in [0, 0.05) is 33.9 Å². The van der Waals surface area contributed by atoms with Crippen molar-refractivity contribution in [2.24, 2.45) is 0 Å². The second kappa shape index (κ2) is 9.68. The number of benzene rings is 5. The van der Waals surface area contributed by atoms with Crippen molar-refractivity contribution in [2.45, 2.75) is 12.3 Å². The molecule has 1 amide bonds. The number of allylic oxidation sites excluding steroid dienone is 7. The first-order chi connectivity index (χ1) is 21.7. The molecule has 208 valence electrons. The summed E-state index contributed by atoms with van der Waals surface area (Å²) in [6.07, 6.45) is 19.6. The van der Waals surface area contributed by atoms with Crippen LogP contribution in [0, 0.1) is 0 Å². The summed E-state index contributed by atoms with van der Waals surface area (Å²) in [4.78, 5) is 16.4. The van der Waals surface area contributed by atoms with Crippen molar-refractivity contribution in [3.63, 3.8) is 0 Å². The maximum Gasteiger partial charge on any atom is 0.255 e. The van der Waals surface area contributed by atoms with E-state index in [1.54, 1.807) is 6.08 Å². The van der Waals surface area contributed by atoms with Crippen LogP contribution in [0.3, 0.4) is 0 Å². The van der Waals surface area contributed by atoms with E-state index in [1.807, 2.05) is 35.2 Å². The lowest BCUT2D eigenvalue weighted by molar-refractivity contribution is -0.113. The van der Waals surface area contributed by atoms with Gasteiger partial charge in [0.1, 0.15) is 11.2 Å². The molecule has 0 radical (unpaired) electrons. The second-order valence-corrected chi connectivity index (χ2v) is 11.6. The van der Waals surface area contributed by atoms with Crippen molar-refractivity contribution < 1.29 is 9.21 Å². The normalized spacial score (nSPS) is 17.0. The number of nitrogens with zero attached hydrogens (tertiary/aromatic N) is 1. The lowest BCUT2D eigenvalue weighted by Crippen LogP contribution is -2.26. The first kappa shape index (κ1) is 24.9. The second-order valence-electron chi connectivity index (χ2n) is 11.6. The number of para-hydroxylation sites is 3. The molecule has 0 saturated carbocycles. The van der Waals surface area contributed by atoms with Gasteiger partial charge in [-0.25, -0.2) is 0 Å². The number of amides is 1. The lowest BCUT2D eigenvalue weighted by atomic mass is 9.82. The van der Waals surface area contributed by atoms with Crippen molar-refractivity contribution >= 4 is 67.7 Å². The standard InChI is InChI=1S/C41H27NO2/c43-38-24-23-26(31-15-8-16-33-32-13-4-6-18-37(32)44-41(31)33)19-20-27-9-2-5-17-35(27)42(38)36-25-30-12-7-11-28-21-22-29-10-1-3-14-34(36)40(29)39(28)30/h1-19,21-25,29H,20H2. The minimum Gasteiger partial charge on any atom is -0.455 e. The highest BCUT2D eigenvalue weighted by Crippen LogP contribution is 2.46. The Labute approximate surface area is 255 Å². The van der Waals surface area contributed by atoms with E-state index < -0.39 is 0 Å². The fourth-order valence-corrected chi connectivity index (χ4v) is 7.13. The zero-order valence-corrected chi connectivity index (χ0v) is 23.9. The third-order valence-electron chi connectivity index (χ3n) is 9.12. The van der Waals surface area contributed by atoms with Crippen molar-refractivity contribution in [2.75, 3.05) is 4.90 Å². The molecule has 0 bridgehead atoms. The summed E-state index contributed by atoms with van der Waals surface area (Å²) in [7, 11) is 0. The minimum absolute atomic E-state index is 0.0884. The Morgan fingerprint density at radius 1 is 0.727 bits per heavy atom. The number of anilines is 2. The molecule has 3 heteroatoms. The number of carbonyl (C=O) groups is 1. The van der Waals surface area contributed by atoms with E-state index in [-0.39, 0.29) is 11.8 Å². The average molecular weight is 566 g/mol. The van der Waals surface area contributed by atoms with E-state index in [4.69, 9.17) is 4.42 Å². The summed E-state index contributed by atoms with van der Waals surface area (Å²) in [6, 6.07) is 31.3. The van der Waals surface area contributed by atoms with Gasteiger partial charge >= 0.3 is 0 Å². The molecule has 1 unspecified atom stereocenters. The molecule has 2 heterocycles. The van der Waals surface area contributed by atoms with Gasteiger partial charge in [-0.3, -0.25) is 9.69 Å². The fraction of sp³-hybridized carbons (Fsp3) is 0.0488. The van der Waals surface area contributed by atoms with E-state index in [9.17, 15) is 4.79 Å². The number of hydrogen-bond acceptors (Lipinski definition) is 2. The molecule has 0 saturated heterocycles. The molecule has 0 N–H and O–H groups in total. The summed E-state index contributed by atoms with van der Waals surface area (Å²) < 4.78 is 6.38. The van der Waals surface area contributed by atoms with Gasteiger partial charge in [-0.1, -0.05) is 115 Å². The maximum absolute atomic E-state index is 14.5. The predicted octanol–water partition coefficient (Wildman–Crippen LogP) is 10.3. The van der Waals surface area contributed by atoms with Gasteiger partial charge in [0.2, 0.25) is 0 Å². The fourth-order valence-electron chi connectivity index (χ4n) is 7.13. The van der Waals surface area contributed by atoms with Gasteiger partial charge in [0.25, 0.3) is 5.91 Å². The smallest absolute Gasteiger partial charge is 0.255 e. The van der Waals surface area contributed by atoms with Crippen LogP contribution in [-0.4, -0.2) is 5.91 Å². The van der Waals surface area contributed by atoms with Crippen LogP contribution < -0.4 is 4.90 Å². The first-order valence-corrected chi connectivity index (χ1v) is 15.1. The van der Waals surface area contributed by atoms with Crippen molar-refractivity contribution in [1.82, 2.24) is 0 Å². The van der Waals surface area contributed by atoms with Gasteiger partial charge in [0.15, 0.2) is 0 Å². The lowest BCUT2D eigenvalue weighted by Gasteiger charge is -2.29. The molecule has 2 aliphatic carbocycles. The highest BCUT2D eigenvalue weighted by Gasteiger charge is 2.28. The van der Waals surface area contributed by atoms with Crippen LogP contribution in [0.25, 0.3) is 50.4 Å². The number of rotatable bonds is 2. The van der Waals surface area contributed by atoms with Gasteiger partial charge < -0.3 is 4.42 Å². The molecule has 44 heavy (non-hydrogen) atoms. The topological polar surface area (TPSA) is 33.5 Å². The largest absolute Gasteiger partial charge is 0.455 e. The minimum atomic E-state index is -0.0884. The SMILES string of the molecule is O=C1C=CC(c2cccc3c2oc2ccccc23)=CCc2ccccc2N1c1cc2cccc3c2c2c1C=CC=CC2C=C3. The Kier molecular flexibility index (Phi) is 5.48. The summed E-state index contributed by atoms with van der Waals surface area (Å²) in [5.41, 5.74) is 10.1. The summed E-state index contributed by atoms with van der Waals surface area (Å²) >= 11 is 0. The molecule has 5 aromatic carbocycles. The third kappa shape index (κ3) is 3.73. The average Bonchev–Trinajstić information content (AvgIpc) is 3.33. The van der Waals surface area contributed by atoms with Crippen LogP contribution in [0.4, 0.5) is 11.4 Å².